The predicted molar refractivity (Wildman–Crippen MR) is 153 cm³/mol. The van der Waals surface area contributed by atoms with Crippen LogP contribution in [0.2, 0.25) is 10.0 Å². The Morgan fingerprint density at radius 2 is 1.85 bits per heavy atom. The molecule has 0 spiro atoms. The minimum atomic E-state index is -1.19. The number of aromatic carboxylic acids is 1. The van der Waals surface area contributed by atoms with Crippen LogP contribution in [0, 0.1) is 5.82 Å². The van der Waals surface area contributed by atoms with Crippen LogP contribution >= 0.6 is 34.5 Å². The Labute approximate surface area is 248 Å². The molecule has 1 N–H and O–H groups in total. The lowest BCUT2D eigenvalue weighted by Crippen LogP contribution is -2.46. The second-order valence-corrected chi connectivity index (χ2v) is 13.1. The Morgan fingerprint density at radius 3 is 2.49 bits per heavy atom. The molecule has 12 heteroatoms. The number of piperidine rings is 1. The van der Waals surface area contributed by atoms with Gasteiger partial charge in [0.1, 0.15) is 22.9 Å². The molecule has 2 saturated heterocycles. The highest BCUT2D eigenvalue weighted by molar-refractivity contribution is 7.22. The van der Waals surface area contributed by atoms with E-state index in [0.29, 0.717) is 44.0 Å². The lowest BCUT2D eigenvalue weighted by atomic mass is 9.97. The Morgan fingerprint density at radius 1 is 1.17 bits per heavy atom. The standard InChI is InChI=1S/C29H24Cl2FN3O5S/c1-29(7-8-29)25-22(24(34-40-25)21-17(30)3-2-4-18(21)31)27(38)39-16-11-14-5-6-15(12-16)35(14)28-33-23-19(32)9-13(26(36)37)10-20(23)41-28/h2-4,9-10,14-16H,5-8,11-12H2,1H3,(H,36,37)/t14-,15+,16?. The predicted octanol–water partition coefficient (Wildman–Crippen LogP) is 7.50. The molecule has 0 radical (unpaired) electrons. The quantitative estimate of drug-likeness (QED) is 0.222. The number of aromatic nitrogens is 2. The van der Waals surface area contributed by atoms with Gasteiger partial charge in [-0.1, -0.05) is 52.7 Å². The number of carboxylic acids is 1. The number of anilines is 1. The fourth-order valence-corrected chi connectivity index (χ4v) is 7.90. The van der Waals surface area contributed by atoms with E-state index >= 15 is 0 Å². The summed E-state index contributed by atoms with van der Waals surface area (Å²) in [7, 11) is 0. The van der Waals surface area contributed by atoms with Gasteiger partial charge in [-0.2, -0.15) is 0 Å². The summed E-state index contributed by atoms with van der Waals surface area (Å²) in [5.41, 5.74) is 0.757. The molecule has 41 heavy (non-hydrogen) atoms. The third kappa shape index (κ3) is 4.47. The molecule has 3 fully saturated rings. The fourth-order valence-electron chi connectivity index (χ4n) is 6.16. The summed E-state index contributed by atoms with van der Waals surface area (Å²) in [4.78, 5) is 31.9. The molecule has 2 aromatic heterocycles. The summed E-state index contributed by atoms with van der Waals surface area (Å²) in [6.07, 6.45) is 4.34. The van der Waals surface area contributed by atoms with Crippen LogP contribution in [-0.4, -0.2) is 45.4 Å². The van der Waals surface area contributed by atoms with E-state index in [2.05, 4.69) is 15.0 Å². The Bertz CT molecular complexity index is 1700. The maximum atomic E-state index is 14.6. The average molecular weight is 616 g/mol. The van der Waals surface area contributed by atoms with Crippen molar-refractivity contribution in [3.05, 3.63) is 63.1 Å². The zero-order chi connectivity index (χ0) is 28.6. The first-order chi connectivity index (χ1) is 19.6. The molecular formula is C29H24Cl2FN3O5S. The number of ether oxygens (including phenoxy) is 1. The third-order valence-electron chi connectivity index (χ3n) is 8.51. The van der Waals surface area contributed by atoms with E-state index in [9.17, 15) is 19.1 Å². The second-order valence-electron chi connectivity index (χ2n) is 11.3. The number of nitrogens with zero attached hydrogens (tertiary/aromatic N) is 3. The van der Waals surface area contributed by atoms with Gasteiger partial charge >= 0.3 is 11.9 Å². The summed E-state index contributed by atoms with van der Waals surface area (Å²) in [6, 6.07) is 7.66. The molecule has 3 aliphatic rings. The minimum absolute atomic E-state index is 0.0505. The molecule has 1 saturated carbocycles. The number of carbonyl (C=O) groups excluding carboxylic acids is 1. The number of carboxylic acid groups (broad SMARTS) is 1. The molecule has 7 rings (SSSR count). The normalized spacial score (nSPS) is 22.7. The topological polar surface area (TPSA) is 106 Å². The molecule has 8 nitrogen and oxygen atoms in total. The first-order valence-electron chi connectivity index (χ1n) is 13.4. The largest absolute Gasteiger partial charge is 0.478 e. The summed E-state index contributed by atoms with van der Waals surface area (Å²) in [6.45, 7) is 2.03. The van der Waals surface area contributed by atoms with Crippen molar-refractivity contribution < 1.29 is 28.3 Å². The molecule has 2 aromatic carbocycles. The van der Waals surface area contributed by atoms with Crippen LogP contribution in [0.1, 0.15) is 71.9 Å². The molecule has 3 atom stereocenters. The summed E-state index contributed by atoms with van der Waals surface area (Å²) in [5, 5.41) is 14.9. The molecule has 0 amide bonds. The molecule has 4 aromatic rings. The van der Waals surface area contributed by atoms with Gasteiger partial charge in [-0.3, -0.25) is 0 Å². The lowest BCUT2D eigenvalue weighted by molar-refractivity contribution is 0.0201. The average Bonchev–Trinajstić information content (AvgIpc) is 3.23. The van der Waals surface area contributed by atoms with Gasteiger partial charge in [-0.15, -0.1) is 0 Å². The Balaban J connectivity index is 1.15. The third-order valence-corrected chi connectivity index (χ3v) is 10.2. The van der Waals surface area contributed by atoms with E-state index in [1.54, 1.807) is 18.2 Å². The van der Waals surface area contributed by atoms with Gasteiger partial charge in [-0.25, -0.2) is 19.0 Å². The molecule has 2 bridgehead atoms. The van der Waals surface area contributed by atoms with Crippen molar-refractivity contribution in [2.45, 2.75) is 69.1 Å². The van der Waals surface area contributed by atoms with Crippen LogP contribution in [0.5, 0.6) is 0 Å². The van der Waals surface area contributed by atoms with E-state index in [0.717, 1.165) is 31.7 Å². The maximum absolute atomic E-state index is 14.6. The highest BCUT2D eigenvalue weighted by Gasteiger charge is 2.49. The highest BCUT2D eigenvalue weighted by atomic mass is 35.5. The van der Waals surface area contributed by atoms with Crippen molar-refractivity contribution in [1.82, 2.24) is 10.1 Å². The van der Waals surface area contributed by atoms with Gasteiger partial charge in [0.15, 0.2) is 16.7 Å². The molecule has 4 heterocycles. The Hall–Kier alpha value is -3.21. The summed E-state index contributed by atoms with van der Waals surface area (Å²) >= 11 is 14.2. The molecule has 1 aliphatic carbocycles. The van der Waals surface area contributed by atoms with Crippen LogP contribution < -0.4 is 4.90 Å². The maximum Gasteiger partial charge on any atom is 0.344 e. The van der Waals surface area contributed by atoms with Crippen molar-refractivity contribution in [3.8, 4) is 11.3 Å². The van der Waals surface area contributed by atoms with E-state index in [4.69, 9.17) is 32.5 Å². The molecule has 2 aliphatic heterocycles. The van der Waals surface area contributed by atoms with Crippen molar-refractivity contribution in [2.75, 3.05) is 4.90 Å². The van der Waals surface area contributed by atoms with E-state index in [-0.39, 0.29) is 45.9 Å². The molecule has 212 valence electrons. The van der Waals surface area contributed by atoms with Crippen molar-refractivity contribution >= 4 is 61.8 Å². The van der Waals surface area contributed by atoms with Crippen molar-refractivity contribution in [2.24, 2.45) is 0 Å². The smallest absolute Gasteiger partial charge is 0.344 e. The van der Waals surface area contributed by atoms with Gasteiger partial charge in [0.05, 0.1) is 20.3 Å². The highest BCUT2D eigenvalue weighted by Crippen LogP contribution is 2.51. The van der Waals surface area contributed by atoms with Crippen LogP contribution in [0.3, 0.4) is 0 Å². The lowest BCUT2D eigenvalue weighted by Gasteiger charge is -2.38. The number of carbonyl (C=O) groups is 2. The van der Waals surface area contributed by atoms with E-state index in [1.807, 2.05) is 6.92 Å². The van der Waals surface area contributed by atoms with Gasteiger partial charge in [0.25, 0.3) is 0 Å². The van der Waals surface area contributed by atoms with Crippen LogP contribution in [0.15, 0.2) is 34.9 Å². The van der Waals surface area contributed by atoms with Gasteiger partial charge in [0, 0.05) is 35.9 Å². The first-order valence-corrected chi connectivity index (χ1v) is 15.0. The van der Waals surface area contributed by atoms with Crippen LogP contribution in [-0.2, 0) is 10.2 Å². The zero-order valence-electron chi connectivity index (χ0n) is 21.8. The zero-order valence-corrected chi connectivity index (χ0v) is 24.2. The van der Waals surface area contributed by atoms with Gasteiger partial charge in [0.2, 0.25) is 0 Å². The number of benzene rings is 2. The number of rotatable bonds is 6. The summed E-state index contributed by atoms with van der Waals surface area (Å²) in [5.74, 6) is -1.86. The number of hydrogen-bond donors (Lipinski definition) is 1. The number of thiazole rings is 1. The molecular weight excluding hydrogens is 592 g/mol. The van der Waals surface area contributed by atoms with Gasteiger partial charge in [-0.05, 0) is 49.9 Å². The van der Waals surface area contributed by atoms with E-state index < -0.39 is 17.8 Å². The summed E-state index contributed by atoms with van der Waals surface area (Å²) < 4.78 is 27.0. The van der Waals surface area contributed by atoms with Crippen LogP contribution in [0.25, 0.3) is 21.5 Å². The monoisotopic (exact) mass is 615 g/mol. The van der Waals surface area contributed by atoms with Crippen molar-refractivity contribution in [1.29, 1.82) is 0 Å². The first kappa shape index (κ1) is 26.7. The fraction of sp³-hybridized carbons (Fsp3) is 0.379. The number of hydrogen-bond acceptors (Lipinski definition) is 8. The second kappa shape index (κ2) is 9.68. The van der Waals surface area contributed by atoms with Crippen molar-refractivity contribution in [3.63, 3.8) is 0 Å². The molecule has 1 unspecified atom stereocenters. The van der Waals surface area contributed by atoms with E-state index in [1.165, 1.54) is 17.4 Å². The van der Waals surface area contributed by atoms with Gasteiger partial charge < -0.3 is 19.3 Å². The number of esters is 1. The minimum Gasteiger partial charge on any atom is -0.478 e. The van der Waals surface area contributed by atoms with Crippen LogP contribution in [0.4, 0.5) is 9.52 Å². The Kier molecular flexibility index (Phi) is 6.29. The number of halogens is 3. The number of fused-ring (bicyclic) bond motifs is 3. The SMILES string of the molecule is CC1(c2onc(-c3c(Cl)cccc3Cl)c2C(=O)OC2C[C@H]3CC[C@@H](C2)N3c2nc3c(F)cc(C(=O)O)cc3s2)CC1.